The van der Waals surface area contributed by atoms with Crippen molar-refractivity contribution in [3.8, 4) is 0 Å². The molecule has 2 rings (SSSR count). The van der Waals surface area contributed by atoms with Gasteiger partial charge in [-0.2, -0.15) is 0 Å². The molecule has 0 bridgehead atoms. The van der Waals surface area contributed by atoms with Gasteiger partial charge in [0, 0.05) is 18.1 Å². The summed E-state index contributed by atoms with van der Waals surface area (Å²) < 4.78 is 0. The fourth-order valence-electron chi connectivity index (χ4n) is 2.29. The number of rotatable bonds is 2. The van der Waals surface area contributed by atoms with E-state index in [1.807, 2.05) is 0 Å². The number of hydrogen-bond acceptors (Lipinski definition) is 2. The molecule has 0 amide bonds. The van der Waals surface area contributed by atoms with Crippen LogP contribution < -0.4 is 5.73 Å². The van der Waals surface area contributed by atoms with E-state index >= 15 is 0 Å². The highest BCUT2D eigenvalue weighted by atomic mass is 15.2. The maximum atomic E-state index is 5.87. The summed E-state index contributed by atoms with van der Waals surface area (Å²) in [6.45, 7) is 0. The van der Waals surface area contributed by atoms with Crippen LogP contribution in [0.5, 0.6) is 0 Å². The van der Waals surface area contributed by atoms with Crippen LogP contribution in [0.2, 0.25) is 0 Å². The predicted molar refractivity (Wildman–Crippen MR) is 51.0 cm³/mol. The van der Waals surface area contributed by atoms with E-state index in [2.05, 4.69) is 11.9 Å². The maximum absolute atomic E-state index is 5.87. The summed E-state index contributed by atoms with van der Waals surface area (Å²) in [5.74, 6) is 0. The summed E-state index contributed by atoms with van der Waals surface area (Å²) in [6, 6.07) is 2.26. The Hall–Kier alpha value is -0.0800. The summed E-state index contributed by atoms with van der Waals surface area (Å²) in [6.07, 6.45) is 7.99. The van der Waals surface area contributed by atoms with E-state index in [1.165, 1.54) is 38.5 Å². The molecule has 2 nitrogen and oxygen atoms in total. The van der Waals surface area contributed by atoms with Gasteiger partial charge in [-0.25, -0.2) is 0 Å². The molecule has 2 heteroatoms. The second-order valence-electron chi connectivity index (χ2n) is 4.47. The Morgan fingerprint density at radius 3 is 1.75 bits per heavy atom. The van der Waals surface area contributed by atoms with Crippen molar-refractivity contribution in [2.75, 3.05) is 7.05 Å². The third kappa shape index (κ3) is 1.80. The van der Waals surface area contributed by atoms with Crippen molar-refractivity contribution in [2.45, 2.75) is 56.7 Å². The van der Waals surface area contributed by atoms with E-state index in [-0.39, 0.29) is 0 Å². The minimum Gasteiger partial charge on any atom is -0.328 e. The van der Waals surface area contributed by atoms with Gasteiger partial charge in [0.1, 0.15) is 0 Å². The van der Waals surface area contributed by atoms with Gasteiger partial charge in [0.05, 0.1) is 0 Å². The van der Waals surface area contributed by atoms with Gasteiger partial charge in [0.15, 0.2) is 0 Å². The highest BCUT2D eigenvalue weighted by Crippen LogP contribution is 2.31. The molecule has 2 aliphatic carbocycles. The fraction of sp³-hybridized carbons (Fsp3) is 1.00. The van der Waals surface area contributed by atoms with Gasteiger partial charge in [0.2, 0.25) is 0 Å². The lowest BCUT2D eigenvalue weighted by molar-refractivity contribution is 0.175. The Bertz CT molecular complexity index is 146. The minimum atomic E-state index is 0.494. The van der Waals surface area contributed by atoms with Crippen LogP contribution in [0.15, 0.2) is 0 Å². The molecule has 0 aliphatic heterocycles. The van der Waals surface area contributed by atoms with Crippen molar-refractivity contribution < 1.29 is 0 Å². The number of hydrogen-bond donors (Lipinski definition) is 1. The van der Waals surface area contributed by atoms with E-state index in [0.29, 0.717) is 6.04 Å². The molecule has 0 atom stereocenters. The molecule has 0 heterocycles. The van der Waals surface area contributed by atoms with Crippen LogP contribution in [-0.4, -0.2) is 30.1 Å². The van der Waals surface area contributed by atoms with Crippen molar-refractivity contribution >= 4 is 0 Å². The topological polar surface area (TPSA) is 29.3 Å². The first-order valence-electron chi connectivity index (χ1n) is 5.25. The van der Waals surface area contributed by atoms with Crippen LogP contribution in [0.25, 0.3) is 0 Å². The maximum Gasteiger partial charge on any atom is 0.00963 e. The van der Waals surface area contributed by atoms with Crippen LogP contribution in [-0.2, 0) is 0 Å². The normalized spacial score (nSPS) is 37.2. The van der Waals surface area contributed by atoms with Crippen LogP contribution >= 0.6 is 0 Å². The zero-order chi connectivity index (χ0) is 8.55. The fourth-order valence-corrected chi connectivity index (χ4v) is 2.29. The Morgan fingerprint density at radius 2 is 1.33 bits per heavy atom. The van der Waals surface area contributed by atoms with Gasteiger partial charge in [-0.15, -0.1) is 0 Å². The molecule has 12 heavy (non-hydrogen) atoms. The Balaban J connectivity index is 1.80. The minimum absolute atomic E-state index is 0.494. The molecule has 2 N–H and O–H groups in total. The van der Waals surface area contributed by atoms with Gasteiger partial charge in [-0.3, -0.25) is 0 Å². The van der Waals surface area contributed by atoms with Crippen LogP contribution in [0.1, 0.15) is 38.5 Å². The van der Waals surface area contributed by atoms with Crippen LogP contribution in [0.4, 0.5) is 0 Å². The Labute approximate surface area is 75.1 Å². The highest BCUT2D eigenvalue weighted by molar-refractivity contribution is 4.89. The van der Waals surface area contributed by atoms with E-state index < -0.39 is 0 Å². The second-order valence-corrected chi connectivity index (χ2v) is 4.47. The SMILES string of the molecule is CN(C1CCC(N)CC1)C1CC1. The van der Waals surface area contributed by atoms with E-state index in [0.717, 1.165) is 12.1 Å². The quantitative estimate of drug-likeness (QED) is 0.674. The lowest BCUT2D eigenvalue weighted by Gasteiger charge is -2.33. The van der Waals surface area contributed by atoms with E-state index in [9.17, 15) is 0 Å². The van der Waals surface area contributed by atoms with Crippen molar-refractivity contribution in [3.05, 3.63) is 0 Å². The van der Waals surface area contributed by atoms with Crippen LogP contribution in [0, 0.1) is 0 Å². The monoisotopic (exact) mass is 168 g/mol. The molecule has 0 aromatic carbocycles. The van der Waals surface area contributed by atoms with Gasteiger partial charge >= 0.3 is 0 Å². The highest BCUT2D eigenvalue weighted by Gasteiger charge is 2.32. The average Bonchev–Trinajstić information content (AvgIpc) is 2.87. The zero-order valence-corrected chi connectivity index (χ0v) is 8.00. The molecule has 0 unspecified atom stereocenters. The first kappa shape index (κ1) is 8.52. The van der Waals surface area contributed by atoms with Gasteiger partial charge in [0.25, 0.3) is 0 Å². The first-order chi connectivity index (χ1) is 5.77. The largest absolute Gasteiger partial charge is 0.328 e. The van der Waals surface area contributed by atoms with Gasteiger partial charge in [-0.1, -0.05) is 0 Å². The van der Waals surface area contributed by atoms with E-state index in [4.69, 9.17) is 5.73 Å². The summed E-state index contributed by atoms with van der Waals surface area (Å²) in [4.78, 5) is 2.59. The molecule has 70 valence electrons. The third-order valence-electron chi connectivity index (χ3n) is 3.44. The smallest absolute Gasteiger partial charge is 0.00963 e. The number of nitrogens with zero attached hydrogens (tertiary/aromatic N) is 1. The molecule has 2 fully saturated rings. The van der Waals surface area contributed by atoms with Crippen molar-refractivity contribution in [1.82, 2.24) is 4.90 Å². The molecule has 0 aromatic rings. The van der Waals surface area contributed by atoms with Crippen LogP contribution in [0.3, 0.4) is 0 Å². The summed E-state index contributed by atoms with van der Waals surface area (Å²) in [7, 11) is 2.29. The van der Waals surface area contributed by atoms with Crippen molar-refractivity contribution in [3.63, 3.8) is 0 Å². The van der Waals surface area contributed by atoms with Gasteiger partial charge < -0.3 is 10.6 Å². The molecule has 2 saturated carbocycles. The summed E-state index contributed by atoms with van der Waals surface area (Å²) in [5, 5.41) is 0. The predicted octanol–water partition coefficient (Wildman–Crippen LogP) is 1.35. The molecular weight excluding hydrogens is 148 g/mol. The summed E-state index contributed by atoms with van der Waals surface area (Å²) in [5.41, 5.74) is 5.87. The lowest BCUT2D eigenvalue weighted by atomic mass is 9.91. The molecule has 0 radical (unpaired) electrons. The average molecular weight is 168 g/mol. The zero-order valence-electron chi connectivity index (χ0n) is 8.00. The Kier molecular flexibility index (Phi) is 2.37. The first-order valence-corrected chi connectivity index (χ1v) is 5.25. The Morgan fingerprint density at radius 1 is 0.917 bits per heavy atom. The second kappa shape index (κ2) is 3.35. The molecule has 0 spiro atoms. The van der Waals surface area contributed by atoms with Crippen molar-refractivity contribution in [1.29, 1.82) is 0 Å². The molecule has 0 saturated heterocycles. The summed E-state index contributed by atoms with van der Waals surface area (Å²) >= 11 is 0. The standard InChI is InChI=1S/C10H20N2/c1-12(10-6-7-10)9-4-2-8(11)3-5-9/h8-10H,2-7,11H2,1H3. The van der Waals surface area contributed by atoms with Crippen molar-refractivity contribution in [2.24, 2.45) is 5.73 Å². The molecule has 2 aliphatic rings. The number of nitrogens with two attached hydrogens (primary N) is 1. The lowest BCUT2D eigenvalue weighted by Crippen LogP contribution is -2.39. The van der Waals surface area contributed by atoms with E-state index in [1.54, 1.807) is 0 Å². The molecular formula is C10H20N2. The third-order valence-corrected chi connectivity index (χ3v) is 3.44. The van der Waals surface area contributed by atoms with Gasteiger partial charge in [-0.05, 0) is 45.6 Å². The molecule has 0 aromatic heterocycles.